The Kier molecular flexibility index (Phi) is 4.58. The number of hydrogen-bond donors (Lipinski definition) is 2. The molecule has 1 aromatic carbocycles. The normalized spacial score (nSPS) is 12.0. The minimum absolute atomic E-state index is 0.0164. The van der Waals surface area contributed by atoms with Crippen molar-refractivity contribution in [1.29, 1.82) is 0 Å². The molecule has 21 heavy (non-hydrogen) atoms. The van der Waals surface area contributed by atoms with Crippen LogP contribution in [0.3, 0.4) is 0 Å². The highest BCUT2D eigenvalue weighted by Gasteiger charge is 2.14. The van der Waals surface area contributed by atoms with E-state index in [-0.39, 0.29) is 17.7 Å². The number of nitrogens with one attached hydrogen (secondary N) is 2. The molecule has 0 saturated heterocycles. The minimum atomic E-state index is -0.191. The quantitative estimate of drug-likeness (QED) is 0.829. The van der Waals surface area contributed by atoms with Crippen molar-refractivity contribution in [2.75, 3.05) is 0 Å². The van der Waals surface area contributed by atoms with E-state index in [4.69, 9.17) is 0 Å². The van der Waals surface area contributed by atoms with Crippen molar-refractivity contribution in [3.05, 3.63) is 58.9 Å². The van der Waals surface area contributed by atoms with Gasteiger partial charge >= 0.3 is 0 Å². The summed E-state index contributed by atoms with van der Waals surface area (Å²) in [5, 5.41) is 2.94. The fourth-order valence-corrected chi connectivity index (χ4v) is 2.25. The molecule has 0 radical (unpaired) electrons. The fraction of sp³-hybridized carbons (Fsp3) is 0.294. The Labute approximate surface area is 124 Å². The van der Waals surface area contributed by atoms with Gasteiger partial charge in [-0.2, -0.15) is 0 Å². The topological polar surface area (TPSA) is 62.0 Å². The number of carbonyl (C=O) groups excluding carboxylic acids is 2. The molecule has 0 fully saturated rings. The summed E-state index contributed by atoms with van der Waals surface area (Å²) in [7, 11) is 0. The van der Waals surface area contributed by atoms with E-state index in [0.717, 1.165) is 6.42 Å². The average Bonchev–Trinajstić information content (AvgIpc) is 2.91. The smallest absolute Gasteiger partial charge is 0.267 e. The number of Topliss-reactive ketones (excluding diaryl/α,β-unsaturated/α-hetero) is 1. The summed E-state index contributed by atoms with van der Waals surface area (Å²) < 4.78 is 0. The molecule has 0 bridgehead atoms. The van der Waals surface area contributed by atoms with E-state index in [0.29, 0.717) is 11.3 Å². The summed E-state index contributed by atoms with van der Waals surface area (Å²) in [6.07, 6.45) is 2.34. The van der Waals surface area contributed by atoms with Crippen LogP contribution in [0.15, 0.2) is 36.5 Å². The van der Waals surface area contributed by atoms with Gasteiger partial charge < -0.3 is 10.3 Å². The lowest BCUT2D eigenvalue weighted by atomic mass is 10.0. The molecule has 2 N–H and O–H groups in total. The molecule has 4 heteroatoms. The van der Waals surface area contributed by atoms with Gasteiger partial charge in [0.2, 0.25) is 0 Å². The molecular weight excluding hydrogens is 264 g/mol. The van der Waals surface area contributed by atoms with Gasteiger partial charge in [0.15, 0.2) is 5.78 Å². The molecule has 2 aromatic rings. The maximum Gasteiger partial charge on any atom is 0.267 e. The molecule has 0 aliphatic rings. The van der Waals surface area contributed by atoms with Gasteiger partial charge in [0.25, 0.3) is 5.91 Å². The van der Waals surface area contributed by atoms with Crippen LogP contribution in [-0.2, 0) is 6.42 Å². The molecule has 0 unspecified atom stereocenters. The van der Waals surface area contributed by atoms with Crippen LogP contribution in [0.4, 0.5) is 0 Å². The fourth-order valence-electron chi connectivity index (χ4n) is 2.25. The lowest BCUT2D eigenvalue weighted by molar-refractivity contribution is 0.0935. The van der Waals surface area contributed by atoms with Crippen molar-refractivity contribution in [3.63, 3.8) is 0 Å². The van der Waals surface area contributed by atoms with E-state index in [1.165, 1.54) is 18.1 Å². The maximum absolute atomic E-state index is 12.1. The summed E-state index contributed by atoms with van der Waals surface area (Å²) in [5.41, 5.74) is 3.38. The SMILES string of the molecule is CC(=O)c1c[nH]c(C(=O)N[C@H](C)Cc2ccccc2C)c1. The summed E-state index contributed by atoms with van der Waals surface area (Å²) >= 11 is 0. The number of aryl methyl sites for hydroxylation is 1. The van der Waals surface area contributed by atoms with Crippen molar-refractivity contribution in [2.24, 2.45) is 0 Å². The van der Waals surface area contributed by atoms with Gasteiger partial charge in [0.05, 0.1) is 0 Å². The Morgan fingerprint density at radius 1 is 1.29 bits per heavy atom. The summed E-state index contributed by atoms with van der Waals surface area (Å²) in [6, 6.07) is 9.74. The third-order valence-corrected chi connectivity index (χ3v) is 3.50. The zero-order valence-corrected chi connectivity index (χ0v) is 12.6. The molecule has 0 saturated carbocycles. The first-order chi connectivity index (χ1) is 9.97. The molecule has 110 valence electrons. The molecule has 0 spiro atoms. The predicted molar refractivity (Wildman–Crippen MR) is 82.6 cm³/mol. The lowest BCUT2D eigenvalue weighted by Crippen LogP contribution is -2.34. The summed E-state index contributed by atoms with van der Waals surface area (Å²) in [6.45, 7) is 5.51. The molecule has 0 aliphatic carbocycles. The average molecular weight is 284 g/mol. The van der Waals surface area contributed by atoms with Crippen LogP contribution in [-0.4, -0.2) is 22.7 Å². The number of hydrogen-bond acceptors (Lipinski definition) is 2. The van der Waals surface area contributed by atoms with Crippen molar-refractivity contribution < 1.29 is 9.59 Å². The number of rotatable bonds is 5. The molecule has 2 rings (SSSR count). The number of ketones is 1. The Bertz CT molecular complexity index is 658. The van der Waals surface area contributed by atoms with Crippen molar-refractivity contribution in [1.82, 2.24) is 10.3 Å². The van der Waals surface area contributed by atoms with E-state index in [9.17, 15) is 9.59 Å². The van der Waals surface area contributed by atoms with Gasteiger partial charge in [-0.05, 0) is 44.4 Å². The van der Waals surface area contributed by atoms with Crippen LogP contribution < -0.4 is 5.32 Å². The monoisotopic (exact) mass is 284 g/mol. The van der Waals surface area contributed by atoms with Crippen LogP contribution in [0.2, 0.25) is 0 Å². The minimum Gasteiger partial charge on any atom is -0.356 e. The molecule has 1 aromatic heterocycles. The number of aromatic nitrogens is 1. The van der Waals surface area contributed by atoms with E-state index in [1.54, 1.807) is 12.3 Å². The Morgan fingerprint density at radius 2 is 2.00 bits per heavy atom. The highest BCUT2D eigenvalue weighted by atomic mass is 16.2. The van der Waals surface area contributed by atoms with Gasteiger partial charge in [-0.25, -0.2) is 0 Å². The van der Waals surface area contributed by atoms with Crippen molar-refractivity contribution in [3.8, 4) is 0 Å². The molecule has 1 amide bonds. The molecule has 1 heterocycles. The van der Waals surface area contributed by atoms with Crippen molar-refractivity contribution >= 4 is 11.7 Å². The number of H-pyrrole nitrogens is 1. The predicted octanol–water partition coefficient (Wildman–Crippen LogP) is 2.89. The number of amides is 1. The van der Waals surface area contributed by atoms with Gasteiger partial charge in [-0.3, -0.25) is 9.59 Å². The first-order valence-electron chi connectivity index (χ1n) is 7.02. The van der Waals surface area contributed by atoms with Gasteiger partial charge in [0, 0.05) is 17.8 Å². The number of benzene rings is 1. The first kappa shape index (κ1) is 15.0. The Balaban J connectivity index is 1.98. The van der Waals surface area contributed by atoms with Crippen LogP contribution in [0.5, 0.6) is 0 Å². The molecular formula is C17H20N2O2. The largest absolute Gasteiger partial charge is 0.356 e. The molecule has 0 aliphatic heterocycles. The summed E-state index contributed by atoms with van der Waals surface area (Å²) in [4.78, 5) is 26.2. The Morgan fingerprint density at radius 3 is 2.62 bits per heavy atom. The lowest BCUT2D eigenvalue weighted by Gasteiger charge is -2.14. The van der Waals surface area contributed by atoms with Crippen LogP contribution in [0.25, 0.3) is 0 Å². The highest BCUT2D eigenvalue weighted by molar-refractivity contribution is 5.99. The van der Waals surface area contributed by atoms with Crippen LogP contribution in [0.1, 0.15) is 45.8 Å². The van der Waals surface area contributed by atoms with E-state index in [2.05, 4.69) is 29.4 Å². The maximum atomic E-state index is 12.1. The number of carbonyl (C=O) groups is 2. The first-order valence-corrected chi connectivity index (χ1v) is 7.02. The van der Waals surface area contributed by atoms with Crippen LogP contribution >= 0.6 is 0 Å². The van der Waals surface area contributed by atoms with Crippen molar-refractivity contribution in [2.45, 2.75) is 33.2 Å². The third kappa shape index (κ3) is 3.81. The van der Waals surface area contributed by atoms with E-state index in [1.807, 2.05) is 19.1 Å². The molecule has 1 atom stereocenters. The second kappa shape index (κ2) is 6.39. The van der Waals surface area contributed by atoms with E-state index >= 15 is 0 Å². The molecule has 4 nitrogen and oxygen atoms in total. The Hall–Kier alpha value is -2.36. The van der Waals surface area contributed by atoms with E-state index < -0.39 is 0 Å². The number of aromatic amines is 1. The van der Waals surface area contributed by atoms with Gasteiger partial charge in [-0.15, -0.1) is 0 Å². The zero-order valence-electron chi connectivity index (χ0n) is 12.6. The third-order valence-electron chi connectivity index (χ3n) is 3.50. The highest BCUT2D eigenvalue weighted by Crippen LogP contribution is 2.10. The standard InChI is InChI=1S/C17H20N2O2/c1-11-6-4-5-7-14(11)8-12(2)19-17(21)16-9-15(10-18-16)13(3)20/h4-7,9-10,12,18H,8H2,1-3H3,(H,19,21)/t12-/m1/s1. The van der Waals surface area contributed by atoms with Gasteiger partial charge in [0.1, 0.15) is 5.69 Å². The zero-order chi connectivity index (χ0) is 15.4. The summed E-state index contributed by atoms with van der Waals surface area (Å²) in [5.74, 6) is -0.248. The van der Waals surface area contributed by atoms with Gasteiger partial charge in [-0.1, -0.05) is 24.3 Å². The second-order valence-corrected chi connectivity index (χ2v) is 5.36. The second-order valence-electron chi connectivity index (χ2n) is 5.36. The van der Waals surface area contributed by atoms with Crippen LogP contribution in [0, 0.1) is 6.92 Å².